The van der Waals surface area contributed by atoms with E-state index >= 15 is 0 Å². The van der Waals surface area contributed by atoms with Gasteiger partial charge in [-0.05, 0) is 41.8 Å². The van der Waals surface area contributed by atoms with Crippen molar-refractivity contribution in [2.24, 2.45) is 0 Å². The molecule has 0 aliphatic rings. The quantitative estimate of drug-likeness (QED) is 0.839. The zero-order valence-corrected chi connectivity index (χ0v) is 13.5. The Morgan fingerprint density at radius 2 is 1.81 bits per heavy atom. The number of hydrogen-bond donors (Lipinski definition) is 2. The van der Waals surface area contributed by atoms with Crippen LogP contribution in [0.5, 0.6) is 0 Å². The van der Waals surface area contributed by atoms with E-state index in [-0.39, 0.29) is 25.5 Å². The molecule has 2 nitrogen and oxygen atoms in total. The topological polar surface area (TPSA) is 40.5 Å². The van der Waals surface area contributed by atoms with E-state index in [1.165, 1.54) is 6.07 Å². The Hall–Kier alpha value is -0.940. The predicted octanol–water partition coefficient (Wildman–Crippen LogP) is 3.71. The molecule has 0 aliphatic carbocycles. The minimum atomic E-state index is -0.973. The average Bonchev–Trinajstić information content (AvgIpc) is 2.47. The van der Waals surface area contributed by atoms with Crippen LogP contribution in [0, 0.1) is 5.82 Å². The maximum Gasteiger partial charge on any atom is 0.127 e. The van der Waals surface area contributed by atoms with E-state index in [0.29, 0.717) is 20.6 Å². The van der Waals surface area contributed by atoms with Crippen LogP contribution in [0.2, 0.25) is 5.02 Å². The van der Waals surface area contributed by atoms with E-state index in [1.54, 1.807) is 36.4 Å². The summed E-state index contributed by atoms with van der Waals surface area (Å²) in [6, 6.07) is 11.7. The first-order valence-electron chi connectivity index (χ1n) is 6.42. The summed E-state index contributed by atoms with van der Waals surface area (Å²) < 4.78 is 14.7. The van der Waals surface area contributed by atoms with Crippen molar-refractivity contribution in [1.82, 2.24) is 0 Å². The summed E-state index contributed by atoms with van der Waals surface area (Å²) in [6.07, 6.45) is 0.180. The Morgan fingerprint density at radius 3 is 2.38 bits per heavy atom. The van der Waals surface area contributed by atoms with Crippen molar-refractivity contribution in [2.45, 2.75) is 11.8 Å². The summed E-state index contributed by atoms with van der Waals surface area (Å²) >= 11 is 9.18. The first-order valence-corrected chi connectivity index (χ1v) is 7.59. The van der Waals surface area contributed by atoms with Gasteiger partial charge in [0.25, 0.3) is 0 Å². The van der Waals surface area contributed by atoms with Gasteiger partial charge in [0.15, 0.2) is 0 Å². The fraction of sp³-hybridized carbons (Fsp3) is 0.250. The number of hydrogen-bond acceptors (Lipinski definition) is 2. The van der Waals surface area contributed by atoms with Gasteiger partial charge in [0.05, 0.1) is 13.2 Å². The second kappa shape index (κ2) is 6.88. The molecule has 21 heavy (non-hydrogen) atoms. The van der Waals surface area contributed by atoms with Crippen molar-refractivity contribution < 1.29 is 14.6 Å². The molecule has 2 rings (SSSR count). The van der Waals surface area contributed by atoms with E-state index in [0.717, 1.165) is 0 Å². The molecule has 2 aromatic rings. The first kappa shape index (κ1) is 16.4. The molecule has 5 heteroatoms. The highest BCUT2D eigenvalue weighted by Gasteiger charge is 2.32. The molecule has 0 saturated heterocycles. The minimum Gasteiger partial charge on any atom is -0.395 e. The molecule has 0 unspecified atom stereocenters. The van der Waals surface area contributed by atoms with E-state index < -0.39 is 5.41 Å². The third-order valence-corrected chi connectivity index (χ3v) is 4.31. The van der Waals surface area contributed by atoms with Gasteiger partial charge in [-0.2, -0.15) is 0 Å². The van der Waals surface area contributed by atoms with Gasteiger partial charge in [0, 0.05) is 14.9 Å². The maximum absolute atomic E-state index is 14.0. The van der Waals surface area contributed by atoms with Crippen LogP contribution in [-0.4, -0.2) is 23.4 Å². The normalized spacial score (nSPS) is 11.7. The second-order valence-corrected chi connectivity index (χ2v) is 6.37. The number of halogens is 3. The van der Waals surface area contributed by atoms with Gasteiger partial charge in [-0.1, -0.05) is 45.7 Å². The lowest BCUT2D eigenvalue weighted by atomic mass is 9.77. The molecule has 0 fully saturated rings. The van der Waals surface area contributed by atoms with Crippen molar-refractivity contribution >= 4 is 27.5 Å². The first-order chi connectivity index (χ1) is 10.0. The third kappa shape index (κ3) is 3.64. The van der Waals surface area contributed by atoms with E-state index in [4.69, 9.17) is 11.6 Å². The monoisotopic (exact) mass is 372 g/mol. The van der Waals surface area contributed by atoms with Gasteiger partial charge < -0.3 is 10.2 Å². The minimum absolute atomic E-state index is 0.180. The largest absolute Gasteiger partial charge is 0.395 e. The van der Waals surface area contributed by atoms with Crippen LogP contribution >= 0.6 is 27.5 Å². The number of aliphatic hydroxyl groups excluding tert-OH is 2. The summed E-state index contributed by atoms with van der Waals surface area (Å²) in [6.45, 7) is -0.612. The Balaban J connectivity index is 2.43. The molecule has 112 valence electrons. The number of benzene rings is 2. The van der Waals surface area contributed by atoms with Crippen LogP contribution in [0.25, 0.3) is 0 Å². The summed E-state index contributed by atoms with van der Waals surface area (Å²) in [5, 5.41) is 20.1. The summed E-state index contributed by atoms with van der Waals surface area (Å²) in [7, 11) is 0. The number of aliphatic hydroxyl groups is 2. The highest BCUT2D eigenvalue weighted by Crippen LogP contribution is 2.31. The Bertz CT molecular complexity index is 629. The summed E-state index contributed by atoms with van der Waals surface area (Å²) in [5.74, 6) is -0.377. The smallest absolute Gasteiger partial charge is 0.127 e. The molecule has 2 aromatic carbocycles. The predicted molar refractivity (Wildman–Crippen MR) is 85.1 cm³/mol. The van der Waals surface area contributed by atoms with Gasteiger partial charge in [-0.3, -0.25) is 0 Å². The van der Waals surface area contributed by atoms with E-state index in [1.807, 2.05) is 0 Å². The molecule has 0 aliphatic heterocycles. The molecular formula is C16H15BrClFO2. The molecule has 0 heterocycles. The molecule has 2 N–H and O–H groups in total. The van der Waals surface area contributed by atoms with Crippen LogP contribution in [0.15, 0.2) is 46.9 Å². The van der Waals surface area contributed by atoms with Crippen molar-refractivity contribution in [2.75, 3.05) is 13.2 Å². The number of rotatable bonds is 5. The molecule has 0 radical (unpaired) electrons. The molecule has 0 amide bonds. The molecule has 0 spiro atoms. The average molecular weight is 374 g/mol. The highest BCUT2D eigenvalue weighted by atomic mass is 79.9. The van der Waals surface area contributed by atoms with Crippen molar-refractivity contribution in [3.8, 4) is 0 Å². The van der Waals surface area contributed by atoms with Crippen LogP contribution in [0.3, 0.4) is 0 Å². The SMILES string of the molecule is OCC(CO)(Cc1ccc(Br)cc1F)c1cccc(Cl)c1. The van der Waals surface area contributed by atoms with Crippen LogP contribution < -0.4 is 0 Å². The van der Waals surface area contributed by atoms with Gasteiger partial charge in [-0.15, -0.1) is 0 Å². The Morgan fingerprint density at radius 1 is 1.10 bits per heavy atom. The van der Waals surface area contributed by atoms with E-state index in [2.05, 4.69) is 15.9 Å². The fourth-order valence-electron chi connectivity index (χ4n) is 2.29. The second-order valence-electron chi connectivity index (χ2n) is 5.02. The van der Waals surface area contributed by atoms with Crippen molar-refractivity contribution in [3.63, 3.8) is 0 Å². The lowest BCUT2D eigenvalue weighted by molar-refractivity contribution is 0.115. The summed E-state index contributed by atoms with van der Waals surface area (Å²) in [5.41, 5.74) is 0.142. The lowest BCUT2D eigenvalue weighted by Gasteiger charge is -2.31. The maximum atomic E-state index is 14.0. The Labute approximate surface area is 136 Å². The fourth-order valence-corrected chi connectivity index (χ4v) is 2.82. The zero-order valence-electron chi connectivity index (χ0n) is 11.2. The van der Waals surface area contributed by atoms with Crippen molar-refractivity contribution in [3.05, 3.63) is 68.9 Å². The van der Waals surface area contributed by atoms with Crippen molar-refractivity contribution in [1.29, 1.82) is 0 Å². The van der Waals surface area contributed by atoms with Crippen LogP contribution in [0.4, 0.5) is 4.39 Å². The Kier molecular flexibility index (Phi) is 5.38. The standard InChI is InChI=1S/C16H15BrClFO2/c17-13-5-4-11(15(19)7-13)8-16(9-20,10-21)12-2-1-3-14(18)6-12/h1-7,20-21H,8-10H2. The van der Waals surface area contributed by atoms with Gasteiger partial charge in [0.1, 0.15) is 5.82 Å². The van der Waals surface area contributed by atoms with Gasteiger partial charge >= 0.3 is 0 Å². The van der Waals surface area contributed by atoms with Gasteiger partial charge in [-0.25, -0.2) is 4.39 Å². The lowest BCUT2D eigenvalue weighted by Crippen LogP contribution is -2.37. The third-order valence-electron chi connectivity index (χ3n) is 3.59. The highest BCUT2D eigenvalue weighted by molar-refractivity contribution is 9.10. The molecule has 0 aromatic heterocycles. The molecular weight excluding hydrogens is 359 g/mol. The van der Waals surface area contributed by atoms with Gasteiger partial charge in [0.2, 0.25) is 0 Å². The molecule has 0 bridgehead atoms. The van der Waals surface area contributed by atoms with E-state index in [9.17, 15) is 14.6 Å². The van der Waals surface area contributed by atoms with Crippen LogP contribution in [0.1, 0.15) is 11.1 Å². The van der Waals surface area contributed by atoms with Crippen LogP contribution in [-0.2, 0) is 11.8 Å². The molecule has 0 atom stereocenters. The zero-order chi connectivity index (χ0) is 15.5. The summed E-state index contributed by atoms with van der Waals surface area (Å²) in [4.78, 5) is 0. The molecule has 0 saturated carbocycles.